The Labute approximate surface area is 229 Å². The van der Waals surface area contributed by atoms with Crippen molar-refractivity contribution in [3.63, 3.8) is 0 Å². The third-order valence-electron chi connectivity index (χ3n) is 8.69. The Morgan fingerprint density at radius 1 is 0.842 bits per heavy atom. The summed E-state index contributed by atoms with van der Waals surface area (Å²) in [6.07, 6.45) is 6.00. The van der Waals surface area contributed by atoms with E-state index in [1.54, 1.807) is 0 Å². The average molecular weight is 510 g/mol. The van der Waals surface area contributed by atoms with Crippen LogP contribution in [0.3, 0.4) is 0 Å². The van der Waals surface area contributed by atoms with Gasteiger partial charge in [-0.1, -0.05) is 73.9 Å². The normalized spacial score (nSPS) is 20.4. The third kappa shape index (κ3) is 6.13. The second-order valence-corrected chi connectivity index (χ2v) is 11.6. The van der Waals surface area contributed by atoms with Gasteiger partial charge in [0.15, 0.2) is 0 Å². The van der Waals surface area contributed by atoms with E-state index in [2.05, 4.69) is 84.2 Å². The number of amides is 1. The Hall–Kier alpha value is -3.11. The predicted octanol–water partition coefficient (Wildman–Crippen LogP) is 6.75. The standard InChI is InChI=1S/C34H43N3O/c1-26-12-10-11-17-32(26)33-25-36(22-27-18-20-30(21-19-27)35(2)3)23-29(33)24-37(31-15-8-5-9-16-31)34(38)28-13-6-4-7-14-28/h4,6-7,10-14,17-21,29,31,33H,5,8-9,15-16,22-25H2,1-3H3/t29-,33-/m1/s1. The van der Waals surface area contributed by atoms with E-state index in [1.807, 2.05) is 30.3 Å². The zero-order valence-electron chi connectivity index (χ0n) is 23.4. The molecular formula is C34H43N3O. The van der Waals surface area contributed by atoms with E-state index in [0.717, 1.165) is 44.6 Å². The summed E-state index contributed by atoms with van der Waals surface area (Å²) in [5, 5.41) is 0. The van der Waals surface area contributed by atoms with Gasteiger partial charge in [-0.3, -0.25) is 9.69 Å². The van der Waals surface area contributed by atoms with Crippen LogP contribution in [0, 0.1) is 12.8 Å². The minimum absolute atomic E-state index is 0.207. The van der Waals surface area contributed by atoms with Gasteiger partial charge in [-0.25, -0.2) is 0 Å². The van der Waals surface area contributed by atoms with Crippen LogP contribution >= 0.6 is 0 Å². The van der Waals surface area contributed by atoms with Crippen molar-refractivity contribution in [3.8, 4) is 0 Å². The number of carbonyl (C=O) groups excluding carboxylic acids is 1. The largest absolute Gasteiger partial charge is 0.378 e. The topological polar surface area (TPSA) is 26.8 Å². The summed E-state index contributed by atoms with van der Waals surface area (Å²) in [4.78, 5) is 20.9. The molecular weight excluding hydrogens is 466 g/mol. The molecule has 3 aromatic carbocycles. The van der Waals surface area contributed by atoms with Crippen LogP contribution < -0.4 is 4.90 Å². The molecule has 0 unspecified atom stereocenters. The Kier molecular flexibility index (Phi) is 8.48. The first-order valence-electron chi connectivity index (χ1n) is 14.4. The lowest BCUT2D eigenvalue weighted by molar-refractivity contribution is 0.0588. The monoisotopic (exact) mass is 509 g/mol. The number of rotatable bonds is 8. The highest BCUT2D eigenvalue weighted by Crippen LogP contribution is 2.37. The van der Waals surface area contributed by atoms with Crippen molar-refractivity contribution in [1.82, 2.24) is 9.80 Å². The van der Waals surface area contributed by atoms with Crippen molar-refractivity contribution in [2.75, 3.05) is 38.6 Å². The van der Waals surface area contributed by atoms with E-state index in [1.165, 1.54) is 41.6 Å². The molecule has 0 aromatic heterocycles. The minimum atomic E-state index is 0.207. The quantitative estimate of drug-likeness (QED) is 0.336. The molecule has 2 aliphatic rings. The lowest BCUT2D eigenvalue weighted by Gasteiger charge is -2.37. The van der Waals surface area contributed by atoms with Crippen molar-refractivity contribution in [2.45, 2.75) is 57.5 Å². The van der Waals surface area contributed by atoms with Crippen molar-refractivity contribution in [1.29, 1.82) is 0 Å². The number of benzene rings is 3. The smallest absolute Gasteiger partial charge is 0.254 e. The van der Waals surface area contributed by atoms with Crippen LogP contribution in [0.15, 0.2) is 78.9 Å². The van der Waals surface area contributed by atoms with Crippen molar-refractivity contribution >= 4 is 11.6 Å². The maximum Gasteiger partial charge on any atom is 0.254 e. The molecule has 2 atom stereocenters. The Morgan fingerprint density at radius 2 is 1.53 bits per heavy atom. The van der Waals surface area contributed by atoms with Gasteiger partial charge in [0, 0.05) is 63.5 Å². The molecule has 1 heterocycles. The predicted molar refractivity (Wildman–Crippen MR) is 158 cm³/mol. The fraction of sp³-hybridized carbons (Fsp3) is 0.441. The summed E-state index contributed by atoms with van der Waals surface area (Å²) in [7, 11) is 4.17. The number of nitrogens with zero attached hydrogens (tertiary/aromatic N) is 3. The molecule has 1 aliphatic carbocycles. The molecule has 1 aliphatic heterocycles. The number of anilines is 1. The lowest BCUT2D eigenvalue weighted by atomic mass is 9.85. The van der Waals surface area contributed by atoms with Gasteiger partial charge in [0.1, 0.15) is 0 Å². The fourth-order valence-electron chi connectivity index (χ4n) is 6.58. The van der Waals surface area contributed by atoms with Gasteiger partial charge in [-0.05, 0) is 66.6 Å². The van der Waals surface area contributed by atoms with Gasteiger partial charge < -0.3 is 9.80 Å². The molecule has 4 heteroatoms. The molecule has 5 rings (SSSR count). The maximum atomic E-state index is 13.9. The summed E-state index contributed by atoms with van der Waals surface area (Å²) in [5.41, 5.74) is 6.20. The van der Waals surface area contributed by atoms with Crippen molar-refractivity contribution in [2.24, 2.45) is 5.92 Å². The fourth-order valence-corrected chi connectivity index (χ4v) is 6.58. The Morgan fingerprint density at radius 3 is 2.21 bits per heavy atom. The molecule has 3 aromatic rings. The molecule has 0 bridgehead atoms. The first-order chi connectivity index (χ1) is 18.5. The van der Waals surface area contributed by atoms with Gasteiger partial charge in [0.05, 0.1) is 0 Å². The molecule has 4 nitrogen and oxygen atoms in total. The zero-order valence-corrected chi connectivity index (χ0v) is 23.4. The molecule has 0 N–H and O–H groups in total. The molecule has 0 radical (unpaired) electrons. The Bertz CT molecular complexity index is 1180. The van der Waals surface area contributed by atoms with Crippen LogP contribution in [0.2, 0.25) is 0 Å². The van der Waals surface area contributed by atoms with Gasteiger partial charge in [-0.2, -0.15) is 0 Å². The van der Waals surface area contributed by atoms with Gasteiger partial charge >= 0.3 is 0 Å². The number of carbonyl (C=O) groups is 1. The van der Waals surface area contributed by atoms with Crippen LogP contribution in [0.4, 0.5) is 5.69 Å². The highest BCUT2D eigenvalue weighted by atomic mass is 16.2. The number of hydrogen-bond acceptors (Lipinski definition) is 3. The highest BCUT2D eigenvalue weighted by Gasteiger charge is 2.38. The van der Waals surface area contributed by atoms with E-state index < -0.39 is 0 Å². The molecule has 200 valence electrons. The summed E-state index contributed by atoms with van der Waals surface area (Å²) in [6, 6.07) is 28.1. The number of hydrogen-bond donors (Lipinski definition) is 0. The SMILES string of the molecule is Cc1ccccc1[C@@H]1CN(Cc2ccc(N(C)C)cc2)C[C@@H]1CN(C(=O)c1ccccc1)C1CCCCC1. The molecule has 2 fully saturated rings. The summed E-state index contributed by atoms with van der Waals surface area (Å²) in [5.74, 6) is 1.04. The summed E-state index contributed by atoms with van der Waals surface area (Å²) in [6.45, 7) is 6.06. The maximum absolute atomic E-state index is 13.9. The van der Waals surface area contributed by atoms with E-state index >= 15 is 0 Å². The molecule has 1 saturated carbocycles. The van der Waals surface area contributed by atoms with E-state index in [0.29, 0.717) is 17.9 Å². The summed E-state index contributed by atoms with van der Waals surface area (Å²) < 4.78 is 0. The van der Waals surface area contributed by atoms with Crippen LogP contribution in [-0.4, -0.2) is 55.5 Å². The average Bonchev–Trinajstić information content (AvgIpc) is 3.34. The lowest BCUT2D eigenvalue weighted by Crippen LogP contribution is -2.45. The van der Waals surface area contributed by atoms with Crippen LogP contribution in [-0.2, 0) is 6.54 Å². The summed E-state index contributed by atoms with van der Waals surface area (Å²) >= 11 is 0. The van der Waals surface area contributed by atoms with Crippen LogP contribution in [0.1, 0.15) is 65.1 Å². The van der Waals surface area contributed by atoms with Crippen LogP contribution in [0.5, 0.6) is 0 Å². The van der Waals surface area contributed by atoms with Gasteiger partial charge in [0.25, 0.3) is 5.91 Å². The van der Waals surface area contributed by atoms with Gasteiger partial charge in [-0.15, -0.1) is 0 Å². The minimum Gasteiger partial charge on any atom is -0.378 e. The second-order valence-electron chi connectivity index (χ2n) is 11.6. The van der Waals surface area contributed by atoms with Crippen molar-refractivity contribution < 1.29 is 4.79 Å². The Balaban J connectivity index is 1.40. The highest BCUT2D eigenvalue weighted by molar-refractivity contribution is 5.94. The van der Waals surface area contributed by atoms with Crippen molar-refractivity contribution in [3.05, 3.63) is 101 Å². The molecule has 1 amide bonds. The van der Waals surface area contributed by atoms with E-state index in [4.69, 9.17) is 0 Å². The number of likely N-dealkylation sites (tertiary alicyclic amines) is 1. The van der Waals surface area contributed by atoms with E-state index in [-0.39, 0.29) is 5.91 Å². The second kappa shape index (κ2) is 12.2. The van der Waals surface area contributed by atoms with E-state index in [9.17, 15) is 4.79 Å². The molecule has 1 saturated heterocycles. The zero-order chi connectivity index (χ0) is 26.5. The number of aryl methyl sites for hydroxylation is 1. The first kappa shape index (κ1) is 26.5. The van der Waals surface area contributed by atoms with Gasteiger partial charge in [0.2, 0.25) is 0 Å². The molecule has 0 spiro atoms. The molecule has 38 heavy (non-hydrogen) atoms. The first-order valence-corrected chi connectivity index (χ1v) is 14.4. The third-order valence-corrected chi connectivity index (χ3v) is 8.69. The van der Waals surface area contributed by atoms with Crippen LogP contribution in [0.25, 0.3) is 0 Å².